The summed E-state index contributed by atoms with van der Waals surface area (Å²) in [6.45, 7) is 2.07. The van der Waals surface area contributed by atoms with Crippen molar-refractivity contribution >= 4 is 0 Å². The van der Waals surface area contributed by atoms with E-state index < -0.39 is 6.10 Å². The SMILES string of the molecule is COc1cc(-c2nnc(C(O)CCCN=[N+]=[N-])o2)ccc1-c1cnc(C)o1. The minimum absolute atomic E-state index is 0.111. The number of oxazole rings is 1. The summed E-state index contributed by atoms with van der Waals surface area (Å²) >= 11 is 0. The molecular weight excluding hydrogens is 352 g/mol. The molecule has 0 aliphatic carbocycles. The normalized spacial score (nSPS) is 11.8. The van der Waals surface area contributed by atoms with Crippen molar-refractivity contribution < 1.29 is 18.7 Å². The number of hydrogen-bond acceptors (Lipinski definition) is 8. The molecule has 3 rings (SSSR count). The molecule has 0 saturated carbocycles. The number of ether oxygens (including phenoxy) is 1. The molecule has 0 bridgehead atoms. The molecule has 1 atom stereocenters. The van der Waals surface area contributed by atoms with E-state index in [1.54, 1.807) is 32.4 Å². The van der Waals surface area contributed by atoms with Gasteiger partial charge in [-0.05, 0) is 36.6 Å². The van der Waals surface area contributed by atoms with Gasteiger partial charge in [0.05, 0.1) is 18.9 Å². The van der Waals surface area contributed by atoms with E-state index >= 15 is 0 Å². The summed E-state index contributed by atoms with van der Waals surface area (Å²) in [5.41, 5.74) is 9.64. The number of azide groups is 1. The Morgan fingerprint density at radius 2 is 2.19 bits per heavy atom. The number of aromatic nitrogens is 3. The Morgan fingerprint density at radius 3 is 2.89 bits per heavy atom. The summed E-state index contributed by atoms with van der Waals surface area (Å²) in [5.74, 6) is 2.10. The van der Waals surface area contributed by atoms with Crippen molar-refractivity contribution in [2.24, 2.45) is 5.11 Å². The van der Waals surface area contributed by atoms with Crippen LogP contribution in [0, 0.1) is 6.92 Å². The third kappa shape index (κ3) is 4.25. The van der Waals surface area contributed by atoms with Crippen LogP contribution in [0.3, 0.4) is 0 Å². The first kappa shape index (κ1) is 18.4. The molecule has 2 aromatic heterocycles. The highest BCUT2D eigenvalue weighted by atomic mass is 16.5. The molecule has 140 valence electrons. The Morgan fingerprint density at radius 1 is 1.33 bits per heavy atom. The second kappa shape index (κ2) is 8.35. The second-order valence-electron chi connectivity index (χ2n) is 5.72. The molecule has 0 aliphatic rings. The van der Waals surface area contributed by atoms with Gasteiger partial charge in [0, 0.05) is 23.9 Å². The monoisotopic (exact) mass is 370 g/mol. The van der Waals surface area contributed by atoms with Gasteiger partial charge in [0.25, 0.3) is 0 Å². The standard InChI is InChI=1S/C17H18N6O4/c1-10-19-9-15(26-10)12-6-5-11(8-14(12)25-2)16-21-22-17(27-16)13(24)4-3-7-20-23-18/h5-6,8-9,13,24H,3-4,7H2,1-2H3. The number of aliphatic hydroxyl groups is 1. The number of aryl methyl sites for hydroxylation is 1. The first-order valence-electron chi connectivity index (χ1n) is 8.26. The van der Waals surface area contributed by atoms with Gasteiger partial charge in [-0.15, -0.1) is 10.2 Å². The van der Waals surface area contributed by atoms with Gasteiger partial charge in [0.15, 0.2) is 11.7 Å². The number of nitrogens with zero attached hydrogens (tertiary/aromatic N) is 6. The van der Waals surface area contributed by atoms with Crippen LogP contribution in [-0.2, 0) is 0 Å². The zero-order chi connectivity index (χ0) is 19.2. The molecule has 1 aromatic carbocycles. The second-order valence-corrected chi connectivity index (χ2v) is 5.72. The maximum atomic E-state index is 10.1. The summed E-state index contributed by atoms with van der Waals surface area (Å²) in [7, 11) is 1.55. The molecule has 10 heteroatoms. The number of hydrogen-bond donors (Lipinski definition) is 1. The van der Waals surface area contributed by atoms with Crippen molar-refractivity contribution in [1.29, 1.82) is 0 Å². The Labute approximate surface area is 154 Å². The van der Waals surface area contributed by atoms with Gasteiger partial charge in [-0.1, -0.05) is 5.11 Å². The van der Waals surface area contributed by atoms with Gasteiger partial charge in [-0.25, -0.2) is 4.98 Å². The van der Waals surface area contributed by atoms with Gasteiger partial charge in [0.1, 0.15) is 11.9 Å². The topological polar surface area (TPSA) is 143 Å². The molecule has 1 unspecified atom stereocenters. The van der Waals surface area contributed by atoms with Gasteiger partial charge in [-0.2, -0.15) is 0 Å². The fourth-order valence-electron chi connectivity index (χ4n) is 2.52. The van der Waals surface area contributed by atoms with E-state index in [-0.39, 0.29) is 11.8 Å². The molecule has 3 aromatic rings. The summed E-state index contributed by atoms with van der Waals surface area (Å²) in [6.07, 6.45) is 1.58. The summed E-state index contributed by atoms with van der Waals surface area (Å²) in [4.78, 5) is 6.76. The largest absolute Gasteiger partial charge is 0.496 e. The Balaban J connectivity index is 1.79. The lowest BCUT2D eigenvalue weighted by molar-refractivity contribution is 0.133. The van der Waals surface area contributed by atoms with Crippen LogP contribution >= 0.6 is 0 Å². The van der Waals surface area contributed by atoms with Crippen LogP contribution in [0.1, 0.15) is 30.7 Å². The van der Waals surface area contributed by atoms with E-state index in [9.17, 15) is 5.11 Å². The minimum atomic E-state index is -0.918. The van der Waals surface area contributed by atoms with Crippen molar-refractivity contribution in [2.45, 2.75) is 25.9 Å². The predicted molar refractivity (Wildman–Crippen MR) is 94.7 cm³/mol. The van der Waals surface area contributed by atoms with Gasteiger partial charge < -0.3 is 18.7 Å². The van der Waals surface area contributed by atoms with Crippen LogP contribution in [0.2, 0.25) is 0 Å². The maximum absolute atomic E-state index is 10.1. The lowest BCUT2D eigenvalue weighted by atomic mass is 10.1. The predicted octanol–water partition coefficient (Wildman–Crippen LogP) is 3.83. The third-order valence-electron chi connectivity index (χ3n) is 3.86. The fraction of sp³-hybridized carbons (Fsp3) is 0.353. The highest BCUT2D eigenvalue weighted by Gasteiger charge is 2.18. The molecule has 0 aliphatic heterocycles. The summed E-state index contributed by atoms with van der Waals surface area (Å²) < 4.78 is 16.5. The van der Waals surface area contributed by atoms with E-state index in [2.05, 4.69) is 25.2 Å². The minimum Gasteiger partial charge on any atom is -0.496 e. The maximum Gasteiger partial charge on any atom is 0.248 e. The average Bonchev–Trinajstić information content (AvgIpc) is 3.34. The Hall–Kier alpha value is -3.36. The molecule has 0 saturated heterocycles. The summed E-state index contributed by atoms with van der Waals surface area (Å²) in [5, 5.41) is 21.4. The molecule has 10 nitrogen and oxygen atoms in total. The van der Waals surface area contributed by atoms with Crippen molar-refractivity contribution in [2.75, 3.05) is 13.7 Å². The molecule has 2 heterocycles. The van der Waals surface area contributed by atoms with Crippen LogP contribution in [-0.4, -0.2) is 33.9 Å². The average molecular weight is 370 g/mol. The molecule has 0 amide bonds. The molecule has 0 fully saturated rings. The molecule has 0 spiro atoms. The smallest absolute Gasteiger partial charge is 0.248 e. The molecule has 0 radical (unpaired) electrons. The number of methoxy groups -OCH3 is 1. The zero-order valence-electron chi connectivity index (χ0n) is 14.9. The van der Waals surface area contributed by atoms with Crippen molar-refractivity contribution in [3.63, 3.8) is 0 Å². The number of benzene rings is 1. The highest BCUT2D eigenvalue weighted by Crippen LogP contribution is 2.34. The van der Waals surface area contributed by atoms with E-state index in [1.807, 2.05) is 6.07 Å². The van der Waals surface area contributed by atoms with Crippen molar-refractivity contribution in [3.8, 4) is 28.5 Å². The van der Waals surface area contributed by atoms with Crippen LogP contribution in [0.4, 0.5) is 0 Å². The first-order valence-corrected chi connectivity index (χ1v) is 8.26. The lowest BCUT2D eigenvalue weighted by Gasteiger charge is -2.07. The van der Waals surface area contributed by atoms with Crippen LogP contribution in [0.15, 0.2) is 38.3 Å². The number of rotatable bonds is 8. The van der Waals surface area contributed by atoms with Crippen molar-refractivity contribution in [3.05, 3.63) is 46.6 Å². The van der Waals surface area contributed by atoms with E-state index in [0.29, 0.717) is 42.4 Å². The van der Waals surface area contributed by atoms with Crippen LogP contribution < -0.4 is 4.74 Å². The fourth-order valence-corrected chi connectivity index (χ4v) is 2.52. The van der Waals surface area contributed by atoms with Crippen molar-refractivity contribution in [1.82, 2.24) is 15.2 Å². The lowest BCUT2D eigenvalue weighted by Crippen LogP contribution is -1.98. The zero-order valence-corrected chi connectivity index (χ0v) is 14.9. The molecule has 1 N–H and O–H groups in total. The quantitative estimate of drug-likeness (QED) is 0.274. The first-order chi connectivity index (χ1) is 13.1. The van der Waals surface area contributed by atoms with Gasteiger partial charge >= 0.3 is 0 Å². The summed E-state index contributed by atoms with van der Waals surface area (Å²) in [6, 6.07) is 5.35. The van der Waals surface area contributed by atoms with Gasteiger partial charge in [-0.3, -0.25) is 0 Å². The Kier molecular flexibility index (Phi) is 5.70. The van der Waals surface area contributed by atoms with Crippen LogP contribution in [0.25, 0.3) is 33.2 Å². The molecule has 27 heavy (non-hydrogen) atoms. The Bertz CT molecular complexity index is 960. The van der Waals surface area contributed by atoms with Crippen LogP contribution in [0.5, 0.6) is 5.75 Å². The molecular formula is C17H18N6O4. The number of aliphatic hydroxyl groups excluding tert-OH is 1. The highest BCUT2D eigenvalue weighted by molar-refractivity contribution is 5.70. The van der Waals surface area contributed by atoms with E-state index in [0.717, 1.165) is 5.56 Å². The van der Waals surface area contributed by atoms with E-state index in [4.69, 9.17) is 19.1 Å². The van der Waals surface area contributed by atoms with Gasteiger partial charge in [0.2, 0.25) is 11.8 Å². The third-order valence-corrected chi connectivity index (χ3v) is 3.86. The van der Waals surface area contributed by atoms with E-state index in [1.165, 1.54) is 0 Å².